The van der Waals surface area contributed by atoms with E-state index in [9.17, 15) is 14.7 Å². The molecule has 0 bridgehead atoms. The van der Waals surface area contributed by atoms with Crippen LogP contribution in [0, 0.1) is 0 Å². The lowest BCUT2D eigenvalue weighted by atomic mass is 10.3. The van der Waals surface area contributed by atoms with Crippen molar-refractivity contribution >= 4 is 11.9 Å². The summed E-state index contributed by atoms with van der Waals surface area (Å²) in [4.78, 5) is 23.9. The topological polar surface area (TPSA) is 101 Å². The van der Waals surface area contributed by atoms with Crippen LogP contribution in [0.2, 0.25) is 0 Å². The van der Waals surface area contributed by atoms with E-state index in [2.05, 4.69) is 0 Å². The number of likely N-dealkylation sites (N-methyl/N-ethyl adjacent to an activating group) is 1. The van der Waals surface area contributed by atoms with E-state index in [0.717, 1.165) is 0 Å². The molecule has 0 radical (unpaired) electrons. The number of carboxylic acid groups (broad SMARTS) is 2. The molecular weight excluding hydrogens is 216 g/mol. The van der Waals surface area contributed by atoms with Gasteiger partial charge in [0.15, 0.2) is 0 Å². The Kier molecular flexibility index (Phi) is 6.63. The molecule has 16 heavy (non-hydrogen) atoms. The number of rotatable bonds is 8. The fourth-order valence-corrected chi connectivity index (χ4v) is 1.34. The highest BCUT2D eigenvalue weighted by Crippen LogP contribution is 1.94. The van der Waals surface area contributed by atoms with Crippen molar-refractivity contribution in [1.82, 2.24) is 9.80 Å². The molecule has 7 nitrogen and oxygen atoms in total. The first-order chi connectivity index (χ1) is 7.31. The van der Waals surface area contributed by atoms with Crippen LogP contribution in [0.4, 0.5) is 0 Å². The minimum absolute atomic E-state index is 0.0246. The van der Waals surface area contributed by atoms with Crippen LogP contribution in [-0.4, -0.2) is 83.4 Å². The molecule has 3 N–H and O–H groups in total. The molecule has 0 aromatic rings. The lowest BCUT2D eigenvalue weighted by Gasteiger charge is -2.23. The van der Waals surface area contributed by atoms with Gasteiger partial charge >= 0.3 is 11.9 Å². The van der Waals surface area contributed by atoms with Crippen molar-refractivity contribution < 1.29 is 24.9 Å². The average Bonchev–Trinajstić information content (AvgIpc) is 1.97. The molecule has 94 valence electrons. The smallest absolute Gasteiger partial charge is 0.317 e. The van der Waals surface area contributed by atoms with Gasteiger partial charge in [0.25, 0.3) is 0 Å². The van der Waals surface area contributed by atoms with Gasteiger partial charge in [0.2, 0.25) is 0 Å². The second-order valence-electron chi connectivity index (χ2n) is 3.87. The molecule has 0 amide bonds. The highest BCUT2D eigenvalue weighted by Gasteiger charge is 2.17. The lowest BCUT2D eigenvalue weighted by Crippen LogP contribution is -2.42. The second kappa shape index (κ2) is 7.15. The fourth-order valence-electron chi connectivity index (χ4n) is 1.34. The first-order valence-electron chi connectivity index (χ1n) is 4.80. The lowest BCUT2D eigenvalue weighted by molar-refractivity contribution is -0.142. The highest BCUT2D eigenvalue weighted by molar-refractivity contribution is 5.72. The number of nitrogens with zero attached hydrogens (tertiary/aromatic N) is 2. The van der Waals surface area contributed by atoms with Crippen molar-refractivity contribution in [2.24, 2.45) is 0 Å². The minimum atomic E-state index is -1.11. The van der Waals surface area contributed by atoms with Gasteiger partial charge in [-0.15, -0.1) is 0 Å². The first-order valence-corrected chi connectivity index (χ1v) is 4.80. The van der Waals surface area contributed by atoms with Crippen LogP contribution in [0.3, 0.4) is 0 Å². The third-order valence-electron chi connectivity index (χ3n) is 1.76. The number of aliphatic hydroxyl groups is 1. The Bertz CT molecular complexity index is 228. The van der Waals surface area contributed by atoms with Crippen LogP contribution in [0.15, 0.2) is 0 Å². The van der Waals surface area contributed by atoms with Crippen LogP contribution in [0.25, 0.3) is 0 Å². The van der Waals surface area contributed by atoms with Gasteiger partial charge in [-0.25, -0.2) is 0 Å². The van der Waals surface area contributed by atoms with Gasteiger partial charge in [-0.05, 0) is 14.1 Å². The number of hydrogen-bond acceptors (Lipinski definition) is 5. The number of carbonyl (C=O) groups is 2. The summed E-state index contributed by atoms with van der Waals surface area (Å²) in [5.41, 5.74) is 0. The Morgan fingerprint density at radius 1 is 1.06 bits per heavy atom. The molecule has 0 saturated heterocycles. The molecule has 0 aliphatic carbocycles. The molecule has 0 aliphatic heterocycles. The third kappa shape index (κ3) is 8.16. The normalized spacial score (nSPS) is 13.1. The molecule has 7 heteroatoms. The van der Waals surface area contributed by atoms with E-state index in [-0.39, 0.29) is 6.54 Å². The summed E-state index contributed by atoms with van der Waals surface area (Å²) in [5.74, 6) is -2.23. The zero-order chi connectivity index (χ0) is 12.7. The third-order valence-corrected chi connectivity index (χ3v) is 1.76. The van der Waals surface area contributed by atoms with E-state index in [0.29, 0.717) is 6.54 Å². The molecule has 1 atom stereocenters. The monoisotopic (exact) mass is 234 g/mol. The molecular formula is C9H18N2O5. The second-order valence-corrected chi connectivity index (χ2v) is 3.87. The van der Waals surface area contributed by atoms with Gasteiger partial charge in [0.1, 0.15) is 0 Å². The van der Waals surface area contributed by atoms with Crippen LogP contribution in [0.5, 0.6) is 0 Å². The number of hydrogen-bond donors (Lipinski definition) is 3. The number of carboxylic acids is 2. The van der Waals surface area contributed by atoms with E-state index in [1.165, 1.54) is 4.90 Å². The molecule has 0 heterocycles. The number of aliphatic hydroxyl groups excluding tert-OH is 1. The van der Waals surface area contributed by atoms with Crippen molar-refractivity contribution in [1.29, 1.82) is 0 Å². The van der Waals surface area contributed by atoms with Gasteiger partial charge in [-0.3, -0.25) is 14.5 Å². The molecule has 0 aromatic heterocycles. The van der Waals surface area contributed by atoms with Gasteiger partial charge in [-0.1, -0.05) is 0 Å². The van der Waals surface area contributed by atoms with Gasteiger partial charge in [-0.2, -0.15) is 0 Å². The zero-order valence-electron chi connectivity index (χ0n) is 9.46. The van der Waals surface area contributed by atoms with Gasteiger partial charge < -0.3 is 20.2 Å². The largest absolute Gasteiger partial charge is 0.480 e. The standard InChI is InChI=1S/C9H18N2O5/c1-10(2)3-7(12)4-11(5-8(13)14)6-9(15)16/h7,12H,3-6H2,1-2H3,(H,13,14)(H,15,16). The van der Waals surface area contributed by atoms with E-state index >= 15 is 0 Å². The zero-order valence-corrected chi connectivity index (χ0v) is 9.46. The summed E-state index contributed by atoms with van der Waals surface area (Å²) < 4.78 is 0. The van der Waals surface area contributed by atoms with Crippen molar-refractivity contribution in [3.63, 3.8) is 0 Å². The maximum Gasteiger partial charge on any atom is 0.317 e. The van der Waals surface area contributed by atoms with E-state index in [1.807, 2.05) is 0 Å². The van der Waals surface area contributed by atoms with Crippen molar-refractivity contribution in [2.45, 2.75) is 6.10 Å². The predicted octanol–water partition coefficient (Wildman–Crippen LogP) is -1.62. The quantitative estimate of drug-likeness (QED) is 0.464. The van der Waals surface area contributed by atoms with Crippen LogP contribution in [-0.2, 0) is 9.59 Å². The summed E-state index contributed by atoms with van der Waals surface area (Å²) in [6, 6.07) is 0. The molecule has 0 fully saturated rings. The van der Waals surface area contributed by atoms with E-state index in [1.54, 1.807) is 19.0 Å². The molecule has 0 spiro atoms. The Balaban J connectivity index is 4.18. The summed E-state index contributed by atoms with van der Waals surface area (Å²) in [7, 11) is 3.53. The summed E-state index contributed by atoms with van der Waals surface area (Å²) >= 11 is 0. The molecule has 0 aliphatic rings. The van der Waals surface area contributed by atoms with Crippen LogP contribution in [0.1, 0.15) is 0 Å². The average molecular weight is 234 g/mol. The minimum Gasteiger partial charge on any atom is -0.480 e. The summed E-state index contributed by atoms with van der Waals surface area (Å²) in [5, 5.41) is 26.7. The molecule has 0 saturated carbocycles. The van der Waals surface area contributed by atoms with Crippen LogP contribution >= 0.6 is 0 Å². The molecule has 0 aromatic carbocycles. The van der Waals surface area contributed by atoms with Crippen molar-refractivity contribution in [3.05, 3.63) is 0 Å². The first kappa shape index (κ1) is 14.8. The Morgan fingerprint density at radius 3 is 1.81 bits per heavy atom. The van der Waals surface area contributed by atoms with Gasteiger partial charge in [0, 0.05) is 13.1 Å². The number of aliphatic carboxylic acids is 2. The predicted molar refractivity (Wildman–Crippen MR) is 56.3 cm³/mol. The Morgan fingerprint density at radius 2 is 1.50 bits per heavy atom. The van der Waals surface area contributed by atoms with Crippen molar-refractivity contribution in [2.75, 3.05) is 40.3 Å². The molecule has 0 rings (SSSR count). The summed E-state index contributed by atoms with van der Waals surface area (Å²) in [6.45, 7) is -0.403. The van der Waals surface area contributed by atoms with Crippen molar-refractivity contribution in [3.8, 4) is 0 Å². The fraction of sp³-hybridized carbons (Fsp3) is 0.778. The van der Waals surface area contributed by atoms with Gasteiger partial charge in [0.05, 0.1) is 19.2 Å². The van der Waals surface area contributed by atoms with Crippen LogP contribution < -0.4 is 0 Å². The Labute approximate surface area is 93.9 Å². The summed E-state index contributed by atoms with van der Waals surface area (Å²) in [6.07, 6.45) is -0.770. The SMILES string of the molecule is CN(C)CC(O)CN(CC(=O)O)CC(=O)O. The van der Waals surface area contributed by atoms with E-state index < -0.39 is 31.1 Å². The Hall–Kier alpha value is -1.18. The van der Waals surface area contributed by atoms with E-state index in [4.69, 9.17) is 10.2 Å². The molecule has 1 unspecified atom stereocenters. The highest BCUT2D eigenvalue weighted by atomic mass is 16.4. The maximum absolute atomic E-state index is 10.5. The maximum atomic E-state index is 10.5.